The molecule has 1 amide bonds. The van der Waals surface area contributed by atoms with Gasteiger partial charge in [0.2, 0.25) is 0 Å². The average molecular weight is 412 g/mol. The van der Waals surface area contributed by atoms with Crippen molar-refractivity contribution in [2.45, 2.75) is 26.3 Å². The number of ether oxygens (including phenoxy) is 1. The van der Waals surface area contributed by atoms with Gasteiger partial charge in [0.05, 0.1) is 0 Å². The maximum Gasteiger partial charge on any atom is 0.349 e. The Morgan fingerprint density at radius 1 is 1.17 bits per heavy atom. The van der Waals surface area contributed by atoms with E-state index in [1.165, 1.54) is 6.07 Å². The van der Waals surface area contributed by atoms with Crippen LogP contribution in [0, 0.1) is 0 Å². The Morgan fingerprint density at radius 2 is 1.93 bits per heavy atom. The molecule has 2 N–H and O–H groups in total. The predicted octanol–water partition coefficient (Wildman–Crippen LogP) is 4.07. The quantitative estimate of drug-likeness (QED) is 0.518. The van der Waals surface area contributed by atoms with Crippen LogP contribution < -0.4 is 21.0 Å². The van der Waals surface area contributed by atoms with Crippen molar-refractivity contribution in [2.24, 2.45) is 0 Å². The SMILES string of the molecule is CCCc1c(OCCF)ccc2cc(C(=O)Nc3ccc(CNC)cc3)c(=O)oc12. The van der Waals surface area contributed by atoms with Gasteiger partial charge in [0.1, 0.15) is 30.2 Å². The maximum absolute atomic E-state index is 12.7. The number of halogens is 1. The van der Waals surface area contributed by atoms with Gasteiger partial charge in [-0.25, -0.2) is 9.18 Å². The van der Waals surface area contributed by atoms with Crippen LogP contribution in [0.4, 0.5) is 10.1 Å². The van der Waals surface area contributed by atoms with Crippen LogP contribution in [0.2, 0.25) is 0 Å². The monoisotopic (exact) mass is 412 g/mol. The molecule has 0 atom stereocenters. The van der Waals surface area contributed by atoms with Crippen LogP contribution >= 0.6 is 0 Å². The molecule has 0 saturated heterocycles. The van der Waals surface area contributed by atoms with Crippen LogP contribution in [-0.4, -0.2) is 26.2 Å². The van der Waals surface area contributed by atoms with Crippen molar-refractivity contribution in [1.82, 2.24) is 5.32 Å². The highest BCUT2D eigenvalue weighted by Crippen LogP contribution is 2.29. The lowest BCUT2D eigenvalue weighted by molar-refractivity contribution is 0.102. The first-order valence-corrected chi connectivity index (χ1v) is 9.90. The fourth-order valence-electron chi connectivity index (χ4n) is 3.26. The number of amides is 1. The van der Waals surface area contributed by atoms with Crippen molar-refractivity contribution in [3.8, 4) is 5.75 Å². The van der Waals surface area contributed by atoms with Gasteiger partial charge in [0.15, 0.2) is 0 Å². The summed E-state index contributed by atoms with van der Waals surface area (Å²) < 4.78 is 23.5. The molecule has 0 unspecified atom stereocenters. The zero-order valence-electron chi connectivity index (χ0n) is 17.1. The Bertz CT molecular complexity index is 1080. The van der Waals surface area contributed by atoms with Crippen LogP contribution in [0.5, 0.6) is 5.75 Å². The molecular weight excluding hydrogens is 387 g/mol. The predicted molar refractivity (Wildman–Crippen MR) is 115 cm³/mol. The van der Waals surface area contributed by atoms with Gasteiger partial charge < -0.3 is 19.8 Å². The Labute approximate surface area is 174 Å². The summed E-state index contributed by atoms with van der Waals surface area (Å²) in [5, 5.41) is 6.39. The lowest BCUT2D eigenvalue weighted by atomic mass is 10.0. The largest absolute Gasteiger partial charge is 0.490 e. The summed E-state index contributed by atoms with van der Waals surface area (Å²) in [5.74, 6) is -0.0502. The summed E-state index contributed by atoms with van der Waals surface area (Å²) in [4.78, 5) is 25.2. The number of anilines is 1. The van der Waals surface area contributed by atoms with Gasteiger partial charge in [0.25, 0.3) is 5.91 Å². The minimum absolute atomic E-state index is 0.0694. The van der Waals surface area contributed by atoms with Gasteiger partial charge in [-0.15, -0.1) is 0 Å². The van der Waals surface area contributed by atoms with Gasteiger partial charge in [-0.1, -0.05) is 25.5 Å². The van der Waals surface area contributed by atoms with Gasteiger partial charge in [-0.3, -0.25) is 4.79 Å². The number of benzene rings is 2. The third-order valence-electron chi connectivity index (χ3n) is 4.63. The molecule has 158 valence electrons. The highest BCUT2D eigenvalue weighted by atomic mass is 19.1. The van der Waals surface area contributed by atoms with E-state index in [9.17, 15) is 14.0 Å². The molecule has 6 nitrogen and oxygen atoms in total. The van der Waals surface area contributed by atoms with E-state index in [1.54, 1.807) is 24.3 Å². The Morgan fingerprint density at radius 3 is 2.60 bits per heavy atom. The van der Waals surface area contributed by atoms with E-state index in [4.69, 9.17) is 9.15 Å². The molecule has 30 heavy (non-hydrogen) atoms. The van der Waals surface area contributed by atoms with Crippen molar-refractivity contribution in [2.75, 3.05) is 25.6 Å². The smallest absolute Gasteiger partial charge is 0.349 e. The Hall–Kier alpha value is -3.19. The summed E-state index contributed by atoms with van der Waals surface area (Å²) in [5.41, 5.74) is 1.92. The molecule has 0 spiro atoms. The normalized spacial score (nSPS) is 10.9. The van der Waals surface area contributed by atoms with E-state index in [0.29, 0.717) is 34.4 Å². The highest BCUT2D eigenvalue weighted by Gasteiger charge is 2.18. The summed E-state index contributed by atoms with van der Waals surface area (Å²) in [6.45, 7) is 2.03. The summed E-state index contributed by atoms with van der Waals surface area (Å²) in [6.07, 6.45) is 1.40. The number of nitrogens with one attached hydrogen (secondary N) is 2. The summed E-state index contributed by atoms with van der Waals surface area (Å²) in [6, 6.07) is 12.3. The molecule has 0 radical (unpaired) electrons. The van der Waals surface area contributed by atoms with E-state index < -0.39 is 18.2 Å². The molecule has 0 fully saturated rings. The fourth-order valence-corrected chi connectivity index (χ4v) is 3.26. The van der Waals surface area contributed by atoms with Crippen molar-refractivity contribution >= 4 is 22.6 Å². The maximum atomic E-state index is 12.7. The molecule has 0 aliphatic heterocycles. The zero-order chi connectivity index (χ0) is 21.5. The third kappa shape index (κ3) is 4.86. The van der Waals surface area contributed by atoms with Gasteiger partial charge in [-0.2, -0.15) is 0 Å². The standard InChI is InChI=1S/C23H25FN2O4/c1-3-4-18-20(29-12-11-24)10-7-16-13-19(23(28)30-21(16)18)22(27)26-17-8-5-15(6-9-17)14-25-2/h5-10,13,25H,3-4,11-12,14H2,1-2H3,(H,26,27). The van der Waals surface area contributed by atoms with Crippen LogP contribution in [0.15, 0.2) is 51.7 Å². The minimum Gasteiger partial charge on any atom is -0.490 e. The van der Waals surface area contributed by atoms with E-state index in [1.807, 2.05) is 26.1 Å². The van der Waals surface area contributed by atoms with Crippen molar-refractivity contribution in [1.29, 1.82) is 0 Å². The van der Waals surface area contributed by atoms with Crippen molar-refractivity contribution < 1.29 is 18.3 Å². The lowest BCUT2D eigenvalue weighted by Gasteiger charge is -2.12. The second kappa shape index (κ2) is 10.0. The number of carbonyl (C=O) groups is 1. The molecular formula is C23H25FN2O4. The van der Waals surface area contributed by atoms with Gasteiger partial charge in [0, 0.05) is 23.2 Å². The average Bonchev–Trinajstić information content (AvgIpc) is 2.74. The molecule has 3 rings (SSSR count). The topological polar surface area (TPSA) is 80.6 Å². The summed E-state index contributed by atoms with van der Waals surface area (Å²) in [7, 11) is 1.86. The molecule has 1 heterocycles. The van der Waals surface area contributed by atoms with Crippen LogP contribution in [0.3, 0.4) is 0 Å². The highest BCUT2D eigenvalue weighted by molar-refractivity contribution is 6.05. The Balaban J connectivity index is 1.91. The molecule has 2 aromatic carbocycles. The first-order chi connectivity index (χ1) is 14.6. The number of aryl methyl sites for hydroxylation is 1. The summed E-state index contributed by atoms with van der Waals surface area (Å²) >= 11 is 0. The third-order valence-corrected chi connectivity index (χ3v) is 4.63. The first kappa shape index (κ1) is 21.5. The molecule has 1 aromatic heterocycles. The van der Waals surface area contributed by atoms with Gasteiger partial charge in [-0.05, 0) is 49.4 Å². The van der Waals surface area contributed by atoms with Crippen molar-refractivity contribution in [3.63, 3.8) is 0 Å². The van der Waals surface area contributed by atoms with Crippen LogP contribution in [0.25, 0.3) is 11.0 Å². The zero-order valence-corrected chi connectivity index (χ0v) is 17.1. The molecule has 0 aliphatic carbocycles. The number of hydrogen-bond acceptors (Lipinski definition) is 5. The number of fused-ring (bicyclic) bond motifs is 1. The second-order valence-corrected chi connectivity index (χ2v) is 6.88. The number of hydrogen-bond donors (Lipinski definition) is 2. The minimum atomic E-state index is -0.730. The second-order valence-electron chi connectivity index (χ2n) is 6.88. The lowest BCUT2D eigenvalue weighted by Crippen LogP contribution is -2.21. The Kier molecular flexibility index (Phi) is 7.19. The number of carbonyl (C=O) groups excluding carboxylic acids is 1. The molecule has 0 aliphatic rings. The number of alkyl halides is 1. The van der Waals surface area contributed by atoms with Crippen LogP contribution in [-0.2, 0) is 13.0 Å². The van der Waals surface area contributed by atoms with E-state index in [0.717, 1.165) is 18.5 Å². The first-order valence-electron chi connectivity index (χ1n) is 9.90. The van der Waals surface area contributed by atoms with Crippen LogP contribution in [0.1, 0.15) is 34.8 Å². The van der Waals surface area contributed by atoms with Crippen molar-refractivity contribution in [3.05, 3.63) is 69.6 Å². The molecule has 0 bridgehead atoms. The molecule has 0 saturated carbocycles. The molecule has 7 heteroatoms. The van der Waals surface area contributed by atoms with E-state index >= 15 is 0 Å². The van der Waals surface area contributed by atoms with Gasteiger partial charge >= 0.3 is 5.63 Å². The number of rotatable bonds is 9. The van der Waals surface area contributed by atoms with E-state index in [-0.39, 0.29) is 12.2 Å². The molecule has 3 aromatic rings. The van der Waals surface area contributed by atoms with E-state index in [2.05, 4.69) is 10.6 Å². The fraction of sp³-hybridized carbons (Fsp3) is 0.304.